The Morgan fingerprint density at radius 2 is 2.50 bits per heavy atom. The fourth-order valence-electron chi connectivity index (χ4n) is 1.76. The number of aromatic nitrogens is 2. The molecule has 2 rings (SSSR count). The molecule has 1 fully saturated rings. The molecule has 2 heterocycles. The van der Waals surface area contributed by atoms with Gasteiger partial charge in [0.1, 0.15) is 0 Å². The Bertz CT molecular complexity index is 248. The first-order valence-electron chi connectivity index (χ1n) is 4.58. The van der Waals surface area contributed by atoms with Gasteiger partial charge in [-0.2, -0.15) is 5.10 Å². The van der Waals surface area contributed by atoms with Crippen molar-refractivity contribution in [1.29, 1.82) is 0 Å². The van der Waals surface area contributed by atoms with E-state index < -0.39 is 0 Å². The summed E-state index contributed by atoms with van der Waals surface area (Å²) in [5, 5.41) is 7.66. The molecular weight excluding hydrogens is 150 g/mol. The Morgan fingerprint density at radius 1 is 1.58 bits per heavy atom. The van der Waals surface area contributed by atoms with E-state index in [4.69, 9.17) is 0 Å². The van der Waals surface area contributed by atoms with Gasteiger partial charge in [0, 0.05) is 24.8 Å². The average Bonchev–Trinajstić information content (AvgIpc) is 2.54. The summed E-state index contributed by atoms with van der Waals surface area (Å²) >= 11 is 0. The molecule has 1 aromatic heterocycles. The van der Waals surface area contributed by atoms with Gasteiger partial charge in [0.15, 0.2) is 0 Å². The molecule has 0 unspecified atom stereocenters. The SMILES string of the molecule is Cn1cc([C@@H]2CCCCN2)cn1. The molecule has 12 heavy (non-hydrogen) atoms. The maximum absolute atomic E-state index is 4.17. The monoisotopic (exact) mass is 165 g/mol. The first-order valence-corrected chi connectivity index (χ1v) is 4.58. The van der Waals surface area contributed by atoms with Crippen LogP contribution < -0.4 is 5.32 Å². The lowest BCUT2D eigenvalue weighted by atomic mass is 10.0. The van der Waals surface area contributed by atoms with E-state index >= 15 is 0 Å². The van der Waals surface area contributed by atoms with Crippen molar-refractivity contribution >= 4 is 0 Å². The van der Waals surface area contributed by atoms with Crippen LogP contribution >= 0.6 is 0 Å². The summed E-state index contributed by atoms with van der Waals surface area (Å²) in [6.45, 7) is 1.15. The van der Waals surface area contributed by atoms with E-state index in [0.717, 1.165) is 6.54 Å². The molecule has 0 saturated carbocycles. The molecule has 1 atom stereocenters. The number of rotatable bonds is 1. The fraction of sp³-hybridized carbons (Fsp3) is 0.667. The van der Waals surface area contributed by atoms with Gasteiger partial charge in [-0.05, 0) is 19.4 Å². The van der Waals surface area contributed by atoms with Crippen molar-refractivity contribution in [3.63, 3.8) is 0 Å². The molecule has 0 aromatic carbocycles. The second-order valence-corrected chi connectivity index (χ2v) is 3.45. The van der Waals surface area contributed by atoms with Gasteiger partial charge in [0.2, 0.25) is 0 Å². The fourth-order valence-corrected chi connectivity index (χ4v) is 1.76. The topological polar surface area (TPSA) is 29.9 Å². The van der Waals surface area contributed by atoms with Crippen LogP contribution in [-0.4, -0.2) is 16.3 Å². The number of hydrogen-bond donors (Lipinski definition) is 1. The van der Waals surface area contributed by atoms with Crippen LogP contribution in [0.1, 0.15) is 30.9 Å². The summed E-state index contributed by atoms with van der Waals surface area (Å²) in [7, 11) is 1.96. The van der Waals surface area contributed by atoms with Gasteiger partial charge >= 0.3 is 0 Å². The minimum atomic E-state index is 0.549. The largest absolute Gasteiger partial charge is 0.310 e. The van der Waals surface area contributed by atoms with E-state index in [9.17, 15) is 0 Å². The normalized spacial score (nSPS) is 24.2. The van der Waals surface area contributed by atoms with Gasteiger partial charge in [0.25, 0.3) is 0 Å². The lowest BCUT2D eigenvalue weighted by Crippen LogP contribution is -2.26. The third kappa shape index (κ3) is 1.50. The lowest BCUT2D eigenvalue weighted by Gasteiger charge is -2.21. The lowest BCUT2D eigenvalue weighted by molar-refractivity contribution is 0.412. The van der Waals surface area contributed by atoms with Crippen molar-refractivity contribution in [1.82, 2.24) is 15.1 Å². The van der Waals surface area contributed by atoms with Crippen molar-refractivity contribution in [3.8, 4) is 0 Å². The second kappa shape index (κ2) is 3.27. The van der Waals surface area contributed by atoms with Crippen LogP contribution in [0.15, 0.2) is 12.4 Å². The predicted molar refractivity (Wildman–Crippen MR) is 47.8 cm³/mol. The Morgan fingerprint density at radius 3 is 3.08 bits per heavy atom. The molecule has 0 spiro atoms. The van der Waals surface area contributed by atoms with Crippen molar-refractivity contribution in [3.05, 3.63) is 18.0 Å². The van der Waals surface area contributed by atoms with Crippen LogP contribution in [0.4, 0.5) is 0 Å². The van der Waals surface area contributed by atoms with E-state index in [1.807, 2.05) is 17.9 Å². The van der Waals surface area contributed by atoms with Gasteiger partial charge in [-0.15, -0.1) is 0 Å². The van der Waals surface area contributed by atoms with Gasteiger partial charge < -0.3 is 5.32 Å². The smallest absolute Gasteiger partial charge is 0.0537 e. The predicted octanol–water partition coefficient (Wildman–Crippen LogP) is 1.23. The number of nitrogens with one attached hydrogen (secondary N) is 1. The van der Waals surface area contributed by atoms with Gasteiger partial charge in [0.05, 0.1) is 6.20 Å². The Balaban J connectivity index is 2.08. The minimum Gasteiger partial charge on any atom is -0.310 e. The highest BCUT2D eigenvalue weighted by atomic mass is 15.2. The van der Waals surface area contributed by atoms with Crippen LogP contribution in [0.2, 0.25) is 0 Å². The summed E-state index contributed by atoms with van der Waals surface area (Å²) < 4.78 is 1.87. The number of piperidine rings is 1. The van der Waals surface area contributed by atoms with Crippen LogP contribution in [-0.2, 0) is 7.05 Å². The van der Waals surface area contributed by atoms with Gasteiger partial charge in [-0.1, -0.05) is 6.42 Å². The maximum Gasteiger partial charge on any atom is 0.0537 e. The third-order valence-electron chi connectivity index (χ3n) is 2.44. The molecule has 1 aliphatic rings. The zero-order valence-electron chi connectivity index (χ0n) is 7.45. The minimum absolute atomic E-state index is 0.549. The van der Waals surface area contributed by atoms with Crippen LogP contribution in [0.5, 0.6) is 0 Å². The summed E-state index contributed by atoms with van der Waals surface area (Å²) in [5.41, 5.74) is 1.33. The van der Waals surface area contributed by atoms with E-state index in [0.29, 0.717) is 6.04 Å². The molecule has 1 aliphatic heterocycles. The third-order valence-corrected chi connectivity index (χ3v) is 2.44. The molecule has 1 saturated heterocycles. The Labute approximate surface area is 72.8 Å². The van der Waals surface area contributed by atoms with Gasteiger partial charge in [-0.3, -0.25) is 4.68 Å². The molecule has 1 aromatic rings. The first-order chi connectivity index (χ1) is 5.86. The van der Waals surface area contributed by atoms with Crippen LogP contribution in [0, 0.1) is 0 Å². The Hall–Kier alpha value is -0.830. The highest BCUT2D eigenvalue weighted by molar-refractivity contribution is 5.10. The molecule has 0 radical (unpaired) electrons. The highest BCUT2D eigenvalue weighted by Crippen LogP contribution is 2.21. The van der Waals surface area contributed by atoms with Crippen molar-refractivity contribution in [2.75, 3.05) is 6.54 Å². The quantitative estimate of drug-likeness (QED) is 0.678. The summed E-state index contributed by atoms with van der Waals surface area (Å²) in [5.74, 6) is 0. The summed E-state index contributed by atoms with van der Waals surface area (Å²) in [6.07, 6.45) is 7.97. The summed E-state index contributed by atoms with van der Waals surface area (Å²) in [4.78, 5) is 0. The standard InChI is InChI=1S/C9H15N3/c1-12-7-8(6-11-12)9-4-2-3-5-10-9/h6-7,9-10H,2-5H2,1H3/t9-/m0/s1. The maximum atomic E-state index is 4.17. The molecule has 0 aliphatic carbocycles. The van der Waals surface area contributed by atoms with Crippen LogP contribution in [0.3, 0.4) is 0 Å². The first kappa shape index (κ1) is 7.80. The number of hydrogen-bond acceptors (Lipinski definition) is 2. The van der Waals surface area contributed by atoms with Crippen molar-refractivity contribution in [2.45, 2.75) is 25.3 Å². The van der Waals surface area contributed by atoms with Crippen molar-refractivity contribution < 1.29 is 0 Å². The number of aryl methyl sites for hydroxylation is 1. The van der Waals surface area contributed by atoms with E-state index in [2.05, 4.69) is 16.6 Å². The van der Waals surface area contributed by atoms with E-state index in [1.54, 1.807) is 0 Å². The zero-order valence-corrected chi connectivity index (χ0v) is 7.45. The molecule has 3 nitrogen and oxygen atoms in total. The molecule has 66 valence electrons. The zero-order chi connectivity index (χ0) is 8.39. The second-order valence-electron chi connectivity index (χ2n) is 3.45. The molecule has 3 heteroatoms. The number of nitrogens with zero attached hydrogens (tertiary/aromatic N) is 2. The van der Waals surface area contributed by atoms with E-state index in [-0.39, 0.29) is 0 Å². The molecular formula is C9H15N3. The highest BCUT2D eigenvalue weighted by Gasteiger charge is 2.15. The van der Waals surface area contributed by atoms with E-state index in [1.165, 1.54) is 24.8 Å². The molecule has 0 bridgehead atoms. The van der Waals surface area contributed by atoms with Crippen molar-refractivity contribution in [2.24, 2.45) is 7.05 Å². The Kier molecular flexibility index (Phi) is 2.13. The average molecular weight is 165 g/mol. The van der Waals surface area contributed by atoms with Gasteiger partial charge in [-0.25, -0.2) is 0 Å². The molecule has 0 amide bonds. The molecule has 1 N–H and O–H groups in total. The summed E-state index contributed by atoms with van der Waals surface area (Å²) in [6, 6.07) is 0.549. The van der Waals surface area contributed by atoms with Crippen LogP contribution in [0.25, 0.3) is 0 Å².